The number of carbonyl (C=O) groups is 1. The van der Waals surface area contributed by atoms with Crippen molar-refractivity contribution in [1.82, 2.24) is 15.2 Å². The van der Waals surface area contributed by atoms with Gasteiger partial charge >= 0.3 is 5.69 Å². The second-order valence-corrected chi connectivity index (χ2v) is 5.40. The van der Waals surface area contributed by atoms with Gasteiger partial charge in [-0.3, -0.25) is 14.6 Å². The number of anilines is 1. The first-order valence-electron chi connectivity index (χ1n) is 5.88. The standard InChI is InChI=1S/C12H11FN4O3S/c1-6(21-11-10(19)15-12(20)17-16-11)9(18)14-8-4-2-7(13)3-5-8/h2-6H,1H3,(H,14,18)(H2,15,17,19,20)/t6-/m1/s1. The minimum atomic E-state index is -0.715. The molecule has 1 atom stereocenters. The molecule has 2 rings (SSSR count). The number of amides is 1. The molecule has 2 aromatic rings. The number of hydrogen-bond acceptors (Lipinski definition) is 5. The molecule has 110 valence electrons. The van der Waals surface area contributed by atoms with E-state index in [1.54, 1.807) is 6.92 Å². The number of nitrogens with zero attached hydrogens (tertiary/aromatic N) is 1. The fourth-order valence-corrected chi connectivity index (χ4v) is 2.17. The maximum Gasteiger partial charge on any atom is 0.342 e. The highest BCUT2D eigenvalue weighted by atomic mass is 32.2. The van der Waals surface area contributed by atoms with Gasteiger partial charge in [0.15, 0.2) is 5.03 Å². The van der Waals surface area contributed by atoms with Crippen LogP contribution in [-0.2, 0) is 4.79 Å². The van der Waals surface area contributed by atoms with Gasteiger partial charge in [-0.15, -0.1) is 0 Å². The predicted molar refractivity (Wildman–Crippen MR) is 75.8 cm³/mol. The molecule has 1 heterocycles. The van der Waals surface area contributed by atoms with E-state index in [0.717, 1.165) is 11.8 Å². The van der Waals surface area contributed by atoms with Gasteiger partial charge < -0.3 is 5.32 Å². The summed E-state index contributed by atoms with van der Waals surface area (Å²) in [4.78, 5) is 36.3. The van der Waals surface area contributed by atoms with Gasteiger partial charge in [-0.05, 0) is 31.2 Å². The Morgan fingerprint density at radius 1 is 1.33 bits per heavy atom. The molecule has 7 nitrogen and oxygen atoms in total. The highest BCUT2D eigenvalue weighted by Crippen LogP contribution is 2.18. The van der Waals surface area contributed by atoms with E-state index in [4.69, 9.17) is 0 Å². The monoisotopic (exact) mass is 310 g/mol. The minimum absolute atomic E-state index is 0.0173. The lowest BCUT2D eigenvalue weighted by Crippen LogP contribution is -2.28. The number of aromatic amines is 2. The van der Waals surface area contributed by atoms with Crippen LogP contribution in [0.2, 0.25) is 0 Å². The summed E-state index contributed by atoms with van der Waals surface area (Å²) in [6.45, 7) is 1.58. The molecule has 3 N–H and O–H groups in total. The fraction of sp³-hybridized carbons (Fsp3) is 0.167. The van der Waals surface area contributed by atoms with Gasteiger partial charge in [0.05, 0.1) is 5.25 Å². The first-order valence-corrected chi connectivity index (χ1v) is 6.76. The van der Waals surface area contributed by atoms with Crippen LogP contribution in [0.3, 0.4) is 0 Å². The number of benzene rings is 1. The first kappa shape index (κ1) is 15.0. The Morgan fingerprint density at radius 2 is 2.00 bits per heavy atom. The van der Waals surface area contributed by atoms with Gasteiger partial charge in [0.1, 0.15) is 5.82 Å². The number of carbonyl (C=O) groups excluding carboxylic acids is 1. The third kappa shape index (κ3) is 4.02. The van der Waals surface area contributed by atoms with Crippen LogP contribution in [-0.4, -0.2) is 26.3 Å². The molecular weight excluding hydrogens is 299 g/mol. The molecule has 0 bridgehead atoms. The van der Waals surface area contributed by atoms with Gasteiger partial charge in [0.2, 0.25) is 5.91 Å². The lowest BCUT2D eigenvalue weighted by atomic mass is 10.3. The molecule has 0 aliphatic heterocycles. The Morgan fingerprint density at radius 3 is 2.62 bits per heavy atom. The van der Waals surface area contributed by atoms with E-state index >= 15 is 0 Å². The second kappa shape index (κ2) is 6.35. The van der Waals surface area contributed by atoms with E-state index in [1.807, 2.05) is 4.98 Å². The largest absolute Gasteiger partial charge is 0.342 e. The summed E-state index contributed by atoms with van der Waals surface area (Å²) in [6, 6.07) is 5.30. The number of nitrogens with one attached hydrogen (secondary N) is 3. The van der Waals surface area contributed by atoms with Crippen molar-refractivity contribution in [3.63, 3.8) is 0 Å². The first-order chi connectivity index (χ1) is 9.95. The summed E-state index contributed by atoms with van der Waals surface area (Å²) in [5.74, 6) is -0.779. The second-order valence-electron chi connectivity index (χ2n) is 4.07. The third-order valence-electron chi connectivity index (χ3n) is 2.45. The zero-order valence-electron chi connectivity index (χ0n) is 10.8. The molecule has 0 spiro atoms. The van der Waals surface area contributed by atoms with Gasteiger partial charge in [0, 0.05) is 5.69 Å². The number of aromatic nitrogens is 3. The Bertz CT molecular complexity index is 756. The summed E-state index contributed by atoms with van der Waals surface area (Å²) < 4.78 is 12.8. The van der Waals surface area contributed by atoms with Crippen molar-refractivity contribution < 1.29 is 9.18 Å². The molecule has 0 saturated heterocycles. The number of rotatable bonds is 4. The van der Waals surface area contributed by atoms with E-state index in [0.29, 0.717) is 5.69 Å². The van der Waals surface area contributed by atoms with Crippen LogP contribution in [0.15, 0.2) is 38.9 Å². The minimum Gasteiger partial charge on any atom is -0.325 e. The molecule has 1 aromatic carbocycles. The summed E-state index contributed by atoms with van der Waals surface area (Å²) >= 11 is 0.898. The number of thioether (sulfide) groups is 1. The van der Waals surface area contributed by atoms with Crippen LogP contribution in [0.4, 0.5) is 10.1 Å². The maximum absolute atomic E-state index is 12.8. The van der Waals surface area contributed by atoms with Crippen LogP contribution >= 0.6 is 11.8 Å². The van der Waals surface area contributed by atoms with Crippen molar-refractivity contribution in [2.24, 2.45) is 0 Å². The SMILES string of the molecule is C[C@@H](Sc1n[nH]c(=O)[nH]c1=O)C(=O)Nc1ccc(F)cc1. The van der Waals surface area contributed by atoms with Crippen LogP contribution in [0.1, 0.15) is 6.92 Å². The molecule has 1 amide bonds. The molecule has 0 aliphatic carbocycles. The zero-order chi connectivity index (χ0) is 15.4. The number of halogens is 1. The van der Waals surface area contributed by atoms with Crippen molar-refractivity contribution in [2.75, 3.05) is 5.32 Å². The zero-order valence-corrected chi connectivity index (χ0v) is 11.7. The summed E-state index contributed by atoms with van der Waals surface area (Å²) in [7, 11) is 0. The average molecular weight is 310 g/mol. The van der Waals surface area contributed by atoms with E-state index in [1.165, 1.54) is 24.3 Å². The van der Waals surface area contributed by atoms with Crippen LogP contribution in [0.5, 0.6) is 0 Å². The van der Waals surface area contributed by atoms with Gasteiger partial charge in [0.25, 0.3) is 5.56 Å². The quantitative estimate of drug-likeness (QED) is 0.721. The van der Waals surface area contributed by atoms with Gasteiger partial charge in [-0.2, -0.15) is 5.10 Å². The maximum atomic E-state index is 12.8. The van der Waals surface area contributed by atoms with E-state index in [-0.39, 0.29) is 10.9 Å². The van der Waals surface area contributed by atoms with Crippen molar-refractivity contribution in [1.29, 1.82) is 0 Å². The Kier molecular flexibility index (Phi) is 4.53. The van der Waals surface area contributed by atoms with Crippen LogP contribution < -0.4 is 16.6 Å². The van der Waals surface area contributed by atoms with E-state index < -0.39 is 22.3 Å². The van der Waals surface area contributed by atoms with Crippen LogP contribution in [0.25, 0.3) is 0 Å². The Labute approximate surface area is 122 Å². The van der Waals surface area contributed by atoms with Crippen molar-refractivity contribution in [3.8, 4) is 0 Å². The molecule has 0 fully saturated rings. The average Bonchev–Trinajstić information content (AvgIpc) is 2.44. The molecule has 0 aliphatic rings. The smallest absolute Gasteiger partial charge is 0.325 e. The molecule has 0 unspecified atom stereocenters. The summed E-state index contributed by atoms with van der Waals surface area (Å²) in [5, 5.41) is 7.59. The highest BCUT2D eigenvalue weighted by molar-refractivity contribution is 8.00. The van der Waals surface area contributed by atoms with Crippen molar-refractivity contribution >= 4 is 23.4 Å². The molecular formula is C12H11FN4O3S. The van der Waals surface area contributed by atoms with E-state index in [9.17, 15) is 18.8 Å². The fourth-order valence-electron chi connectivity index (χ4n) is 1.41. The molecule has 21 heavy (non-hydrogen) atoms. The van der Waals surface area contributed by atoms with Crippen molar-refractivity contribution in [3.05, 3.63) is 50.9 Å². The molecule has 1 aromatic heterocycles. The normalized spacial score (nSPS) is 11.9. The third-order valence-corrected chi connectivity index (χ3v) is 3.52. The lowest BCUT2D eigenvalue weighted by Gasteiger charge is -2.10. The van der Waals surface area contributed by atoms with E-state index in [2.05, 4.69) is 15.5 Å². The van der Waals surface area contributed by atoms with Gasteiger partial charge in [-0.1, -0.05) is 11.8 Å². The molecule has 0 saturated carbocycles. The number of hydrogen-bond donors (Lipinski definition) is 3. The van der Waals surface area contributed by atoms with Crippen LogP contribution in [0, 0.1) is 5.82 Å². The summed E-state index contributed by atoms with van der Waals surface area (Å²) in [5.41, 5.74) is -0.935. The van der Waals surface area contributed by atoms with Crippen molar-refractivity contribution in [2.45, 2.75) is 17.2 Å². The Balaban J connectivity index is 2.04. The molecule has 0 radical (unpaired) electrons. The lowest BCUT2D eigenvalue weighted by molar-refractivity contribution is -0.115. The van der Waals surface area contributed by atoms with Gasteiger partial charge in [-0.25, -0.2) is 14.3 Å². The number of H-pyrrole nitrogens is 2. The Hall–Kier alpha value is -2.42. The summed E-state index contributed by atoms with van der Waals surface area (Å²) in [6.07, 6.45) is 0. The topological polar surface area (TPSA) is 108 Å². The molecule has 9 heteroatoms. The highest BCUT2D eigenvalue weighted by Gasteiger charge is 2.17. The predicted octanol–water partition coefficient (Wildman–Crippen LogP) is 0.717.